The number of aliphatic imine (C=N–C) groups is 1. The van der Waals surface area contributed by atoms with E-state index in [1.165, 1.54) is 6.21 Å². The number of hydrogen-bond donors (Lipinski definition) is 1. The molecule has 0 atom stereocenters. The van der Waals surface area contributed by atoms with Gasteiger partial charge in [-0.05, 0) is 33.6 Å². The van der Waals surface area contributed by atoms with E-state index in [0.717, 1.165) is 5.57 Å². The highest BCUT2D eigenvalue weighted by Gasteiger charge is 2.13. The summed E-state index contributed by atoms with van der Waals surface area (Å²) in [6.45, 7) is 6.19. The molecule has 0 aliphatic rings. The standard InChI is InChI=1S/C8H13IN2/c1-8(2,3)7(4-10)5-11-6-9/h4-6,10H,1-3H3/b7-5+,10-4?,11-6-. The first-order valence-electron chi connectivity index (χ1n) is 3.35. The molecule has 0 aromatic rings. The minimum Gasteiger partial charge on any atom is -0.308 e. The van der Waals surface area contributed by atoms with Gasteiger partial charge in [-0.3, -0.25) is 4.99 Å². The van der Waals surface area contributed by atoms with Gasteiger partial charge in [0.25, 0.3) is 0 Å². The molecule has 3 heteroatoms. The molecule has 0 aromatic heterocycles. The molecule has 62 valence electrons. The summed E-state index contributed by atoms with van der Waals surface area (Å²) in [5.74, 6) is 0. The van der Waals surface area contributed by atoms with E-state index in [0.29, 0.717) is 0 Å². The van der Waals surface area contributed by atoms with Gasteiger partial charge in [-0.2, -0.15) is 0 Å². The largest absolute Gasteiger partial charge is 0.308 e. The third-order valence-electron chi connectivity index (χ3n) is 1.29. The summed E-state index contributed by atoms with van der Waals surface area (Å²) in [6, 6.07) is 0. The van der Waals surface area contributed by atoms with Crippen molar-refractivity contribution in [3.63, 3.8) is 0 Å². The van der Waals surface area contributed by atoms with E-state index in [-0.39, 0.29) is 5.41 Å². The Balaban J connectivity index is 4.53. The smallest absolute Gasteiger partial charge is 0.0651 e. The van der Waals surface area contributed by atoms with E-state index < -0.39 is 0 Å². The summed E-state index contributed by atoms with van der Waals surface area (Å²) in [7, 11) is 0. The molecule has 0 unspecified atom stereocenters. The maximum Gasteiger partial charge on any atom is 0.0651 e. The monoisotopic (exact) mass is 264 g/mol. The van der Waals surface area contributed by atoms with Crippen LogP contribution in [0.25, 0.3) is 0 Å². The van der Waals surface area contributed by atoms with Gasteiger partial charge in [0.2, 0.25) is 0 Å². The fourth-order valence-corrected chi connectivity index (χ4v) is 0.717. The number of allylic oxidation sites excluding steroid dienone is 1. The lowest BCUT2D eigenvalue weighted by Gasteiger charge is -2.17. The third kappa shape index (κ3) is 4.29. The molecule has 0 amide bonds. The summed E-state index contributed by atoms with van der Waals surface area (Å²) in [4.78, 5) is 3.96. The zero-order valence-corrected chi connectivity index (χ0v) is 9.21. The van der Waals surface area contributed by atoms with Gasteiger partial charge in [-0.15, -0.1) is 0 Å². The molecule has 0 radical (unpaired) electrons. The van der Waals surface area contributed by atoms with Gasteiger partial charge in [-0.25, -0.2) is 0 Å². The molecular formula is C8H13IN2. The third-order valence-corrected chi connectivity index (χ3v) is 1.61. The normalized spacial score (nSPS) is 14.0. The van der Waals surface area contributed by atoms with E-state index >= 15 is 0 Å². The number of rotatable bonds is 2. The van der Waals surface area contributed by atoms with Crippen molar-refractivity contribution in [3.8, 4) is 0 Å². The lowest BCUT2D eigenvalue weighted by Crippen LogP contribution is -2.09. The Bertz CT molecular complexity index is 187. The van der Waals surface area contributed by atoms with Crippen LogP contribution in [0.1, 0.15) is 20.8 Å². The van der Waals surface area contributed by atoms with E-state index in [2.05, 4.69) is 48.4 Å². The quantitative estimate of drug-likeness (QED) is 0.588. The Labute approximate surface area is 81.4 Å². The first-order valence-corrected chi connectivity index (χ1v) is 4.60. The molecule has 0 saturated heterocycles. The van der Waals surface area contributed by atoms with Crippen LogP contribution in [0.4, 0.5) is 0 Å². The second-order valence-electron chi connectivity index (χ2n) is 3.23. The molecule has 0 aliphatic heterocycles. The van der Waals surface area contributed by atoms with Gasteiger partial charge < -0.3 is 5.41 Å². The molecule has 0 aromatic carbocycles. The molecule has 0 fully saturated rings. The van der Waals surface area contributed by atoms with Crippen LogP contribution in [0.2, 0.25) is 0 Å². The van der Waals surface area contributed by atoms with Crippen LogP contribution in [-0.4, -0.2) is 10.4 Å². The average Bonchev–Trinajstić information content (AvgIpc) is 1.87. The topological polar surface area (TPSA) is 36.2 Å². The van der Waals surface area contributed by atoms with E-state index in [4.69, 9.17) is 5.41 Å². The Morgan fingerprint density at radius 2 is 2.00 bits per heavy atom. The van der Waals surface area contributed by atoms with Crippen molar-refractivity contribution in [2.45, 2.75) is 20.8 Å². The molecule has 0 bridgehead atoms. The van der Waals surface area contributed by atoms with Crippen molar-refractivity contribution in [2.75, 3.05) is 0 Å². The van der Waals surface area contributed by atoms with Crippen molar-refractivity contribution in [2.24, 2.45) is 10.4 Å². The summed E-state index contributed by atoms with van der Waals surface area (Å²) < 4.78 is 1.69. The maximum absolute atomic E-state index is 7.12. The number of nitrogens with zero attached hydrogens (tertiary/aromatic N) is 1. The predicted molar refractivity (Wildman–Crippen MR) is 58.8 cm³/mol. The lowest BCUT2D eigenvalue weighted by atomic mass is 9.88. The van der Waals surface area contributed by atoms with Crippen molar-refractivity contribution >= 4 is 33.0 Å². The van der Waals surface area contributed by atoms with Crippen LogP contribution in [0.5, 0.6) is 0 Å². The molecule has 0 saturated carbocycles. The highest BCUT2D eigenvalue weighted by Crippen LogP contribution is 2.22. The van der Waals surface area contributed by atoms with Crippen molar-refractivity contribution in [3.05, 3.63) is 11.8 Å². The highest BCUT2D eigenvalue weighted by molar-refractivity contribution is 14.1. The first kappa shape index (κ1) is 10.8. The van der Waals surface area contributed by atoms with Crippen molar-refractivity contribution < 1.29 is 0 Å². The summed E-state index contributed by atoms with van der Waals surface area (Å²) in [6.07, 6.45) is 3.07. The van der Waals surface area contributed by atoms with Crippen LogP contribution >= 0.6 is 22.6 Å². The number of nitrogens with one attached hydrogen (secondary N) is 1. The first-order chi connectivity index (χ1) is 5.02. The second-order valence-corrected chi connectivity index (χ2v) is 3.78. The minimum atomic E-state index is 0.0187. The van der Waals surface area contributed by atoms with Gasteiger partial charge in [0.15, 0.2) is 0 Å². The second kappa shape index (κ2) is 4.64. The van der Waals surface area contributed by atoms with Crippen LogP contribution in [0, 0.1) is 10.8 Å². The summed E-state index contributed by atoms with van der Waals surface area (Å²) in [5, 5.41) is 7.12. The van der Waals surface area contributed by atoms with Crippen LogP contribution in [0.15, 0.2) is 16.8 Å². The lowest BCUT2D eigenvalue weighted by molar-refractivity contribution is 0.525. The maximum atomic E-state index is 7.12. The minimum absolute atomic E-state index is 0.0187. The summed E-state index contributed by atoms with van der Waals surface area (Å²) in [5.41, 5.74) is 0.954. The molecule has 0 rings (SSSR count). The highest BCUT2D eigenvalue weighted by atomic mass is 127. The molecule has 0 aliphatic carbocycles. The number of halogens is 1. The van der Waals surface area contributed by atoms with Crippen molar-refractivity contribution in [1.29, 1.82) is 5.41 Å². The Morgan fingerprint density at radius 1 is 1.45 bits per heavy atom. The van der Waals surface area contributed by atoms with Crippen LogP contribution in [0.3, 0.4) is 0 Å². The Hall–Kier alpha value is -0.190. The van der Waals surface area contributed by atoms with E-state index in [1.807, 2.05) is 0 Å². The predicted octanol–water partition coefficient (Wildman–Crippen LogP) is 3.03. The zero-order chi connectivity index (χ0) is 8.91. The fraction of sp³-hybridized carbons (Fsp3) is 0.500. The molecular weight excluding hydrogens is 251 g/mol. The molecule has 0 heterocycles. The molecule has 11 heavy (non-hydrogen) atoms. The van der Waals surface area contributed by atoms with Gasteiger partial charge in [-0.1, -0.05) is 20.8 Å². The van der Waals surface area contributed by atoms with E-state index in [9.17, 15) is 0 Å². The molecule has 2 nitrogen and oxygen atoms in total. The zero-order valence-electron chi connectivity index (χ0n) is 7.06. The average molecular weight is 264 g/mol. The summed E-state index contributed by atoms with van der Waals surface area (Å²) >= 11 is 2.05. The number of hydrogen-bond acceptors (Lipinski definition) is 2. The van der Waals surface area contributed by atoms with Gasteiger partial charge in [0.1, 0.15) is 0 Å². The van der Waals surface area contributed by atoms with Crippen LogP contribution in [-0.2, 0) is 0 Å². The Morgan fingerprint density at radius 3 is 2.27 bits per heavy atom. The molecule has 1 N–H and O–H groups in total. The van der Waals surface area contributed by atoms with Gasteiger partial charge >= 0.3 is 0 Å². The van der Waals surface area contributed by atoms with E-state index in [1.54, 1.807) is 10.4 Å². The Kier molecular flexibility index (Phi) is 4.56. The van der Waals surface area contributed by atoms with Crippen molar-refractivity contribution in [1.82, 2.24) is 0 Å². The van der Waals surface area contributed by atoms with Gasteiger partial charge in [0, 0.05) is 12.4 Å². The molecule has 0 spiro atoms. The van der Waals surface area contributed by atoms with Crippen LogP contribution < -0.4 is 0 Å². The van der Waals surface area contributed by atoms with Gasteiger partial charge in [0.05, 0.1) is 4.22 Å². The SMILES string of the molecule is CC(C)(C)/C(C=N)=C/N=C\I. The fourth-order valence-electron chi connectivity index (χ4n) is 0.556.